The molecule has 9 nitrogen and oxygen atoms in total. The summed E-state index contributed by atoms with van der Waals surface area (Å²) < 4.78 is 0.745. The van der Waals surface area contributed by atoms with Gasteiger partial charge in [0.1, 0.15) is 5.52 Å². The Hall–Kier alpha value is -3.96. The van der Waals surface area contributed by atoms with Crippen LogP contribution in [0.4, 0.5) is 15.6 Å². The Bertz CT molecular complexity index is 1690. The van der Waals surface area contributed by atoms with E-state index in [0.29, 0.717) is 26.4 Å². The highest BCUT2D eigenvalue weighted by Crippen LogP contribution is 2.34. The average molecular weight is 640 g/mol. The summed E-state index contributed by atoms with van der Waals surface area (Å²) in [4.78, 5) is 43.0. The molecule has 0 aliphatic heterocycles. The first-order valence-corrected chi connectivity index (χ1v) is 15.2. The molecule has 3 amide bonds. The fourth-order valence-electron chi connectivity index (χ4n) is 4.73. The van der Waals surface area contributed by atoms with Gasteiger partial charge in [-0.2, -0.15) is 0 Å². The number of aliphatic hydroxyl groups excluding tert-OH is 1. The van der Waals surface area contributed by atoms with Gasteiger partial charge in [-0.3, -0.25) is 15.0 Å². The van der Waals surface area contributed by atoms with E-state index in [-0.39, 0.29) is 12.1 Å². The van der Waals surface area contributed by atoms with Gasteiger partial charge in [0.15, 0.2) is 11.2 Å². The molecule has 1 aliphatic carbocycles. The summed E-state index contributed by atoms with van der Waals surface area (Å²) in [6.45, 7) is -0.231. The van der Waals surface area contributed by atoms with Crippen LogP contribution in [-0.4, -0.2) is 45.8 Å². The van der Waals surface area contributed by atoms with Crippen molar-refractivity contribution in [2.75, 3.05) is 16.8 Å². The number of nitrogens with one attached hydrogen (secondary N) is 2. The molecule has 0 radical (unpaired) electrons. The maximum Gasteiger partial charge on any atom is 0.334 e. The number of halogens is 2. The highest BCUT2D eigenvalue weighted by Gasteiger charge is 2.20. The van der Waals surface area contributed by atoms with Crippen molar-refractivity contribution in [2.24, 2.45) is 0 Å². The fourth-order valence-corrected chi connectivity index (χ4v) is 6.31. The van der Waals surface area contributed by atoms with Gasteiger partial charge < -0.3 is 15.5 Å². The monoisotopic (exact) mass is 638 g/mol. The normalized spacial score (nSPS) is 13.7. The lowest BCUT2D eigenvalue weighted by atomic mass is 9.93. The molecule has 0 fully saturated rings. The van der Waals surface area contributed by atoms with E-state index < -0.39 is 30.6 Å². The SMILES string of the molecule is O=C(NC[C@@H](O)C(=O)O)c1ccc(CN(C(=O)Nc2nc3c(Cl)cc(Cl)cc3s2)c2ccc(C3=CCCCC3)cc2)cc1. The first-order chi connectivity index (χ1) is 20.7. The number of anilines is 2. The second-order valence-corrected chi connectivity index (χ2v) is 11.9. The van der Waals surface area contributed by atoms with Crippen LogP contribution in [0.15, 0.2) is 66.7 Å². The van der Waals surface area contributed by atoms with Crippen LogP contribution >= 0.6 is 34.5 Å². The van der Waals surface area contributed by atoms with Gasteiger partial charge >= 0.3 is 12.0 Å². The summed E-state index contributed by atoms with van der Waals surface area (Å²) in [6, 6.07) is 17.4. The summed E-state index contributed by atoms with van der Waals surface area (Å²) in [7, 11) is 0. The minimum Gasteiger partial charge on any atom is -0.479 e. The number of aromatic nitrogens is 1. The van der Waals surface area contributed by atoms with Crippen LogP contribution in [0.5, 0.6) is 0 Å². The number of rotatable bonds is 9. The molecule has 1 aromatic heterocycles. The van der Waals surface area contributed by atoms with Gasteiger partial charge in [-0.25, -0.2) is 14.6 Å². The number of carboxylic acids is 1. The van der Waals surface area contributed by atoms with E-state index >= 15 is 0 Å². The van der Waals surface area contributed by atoms with E-state index in [4.69, 9.17) is 28.3 Å². The summed E-state index contributed by atoms with van der Waals surface area (Å²) in [5.41, 5.74) is 4.69. The molecule has 222 valence electrons. The number of aliphatic carboxylic acids is 1. The maximum absolute atomic E-state index is 13.7. The second-order valence-electron chi connectivity index (χ2n) is 10.1. The largest absolute Gasteiger partial charge is 0.479 e. The van der Waals surface area contributed by atoms with Crippen molar-refractivity contribution in [3.05, 3.63) is 93.5 Å². The van der Waals surface area contributed by atoms with Gasteiger partial charge in [0.2, 0.25) is 0 Å². The highest BCUT2D eigenvalue weighted by molar-refractivity contribution is 7.22. The van der Waals surface area contributed by atoms with Gasteiger partial charge in [0.05, 0.1) is 22.8 Å². The van der Waals surface area contributed by atoms with E-state index in [1.165, 1.54) is 23.3 Å². The molecule has 0 unspecified atom stereocenters. The molecule has 1 atom stereocenters. The smallest absolute Gasteiger partial charge is 0.334 e. The first kappa shape index (κ1) is 30.5. The molecule has 12 heteroatoms. The third kappa shape index (κ3) is 7.52. The zero-order chi connectivity index (χ0) is 30.5. The van der Waals surface area contributed by atoms with Crippen LogP contribution in [0.2, 0.25) is 10.0 Å². The van der Waals surface area contributed by atoms with Gasteiger partial charge in [-0.1, -0.05) is 64.9 Å². The van der Waals surface area contributed by atoms with Crippen LogP contribution in [0.3, 0.4) is 0 Å². The van der Waals surface area contributed by atoms with Gasteiger partial charge in [-0.05, 0) is 78.8 Å². The van der Waals surface area contributed by atoms with Gasteiger partial charge in [0, 0.05) is 16.3 Å². The van der Waals surface area contributed by atoms with Crippen molar-refractivity contribution in [1.82, 2.24) is 10.3 Å². The number of aliphatic hydroxyl groups is 1. The average Bonchev–Trinajstić information content (AvgIpc) is 3.41. The Morgan fingerprint density at radius 3 is 2.44 bits per heavy atom. The van der Waals surface area contributed by atoms with Crippen molar-refractivity contribution in [3.63, 3.8) is 0 Å². The number of carbonyl (C=O) groups excluding carboxylic acids is 2. The molecule has 0 saturated carbocycles. The number of amides is 3. The standard InChI is InChI=1S/C31H28Cl2N4O5S/c32-22-14-24(33)27-26(15-22)43-30(35-27)36-31(42)37(23-12-10-20(11-13-23)19-4-2-1-3-5-19)17-18-6-8-21(9-7-18)28(39)34-16-25(38)29(40)41/h4,6-15,25,38H,1-3,5,16-17H2,(H,34,39)(H,40,41)(H,35,36,42)/t25-/m1/s1. The summed E-state index contributed by atoms with van der Waals surface area (Å²) in [5, 5.41) is 24.7. The number of nitrogens with zero attached hydrogens (tertiary/aromatic N) is 2. The Morgan fingerprint density at radius 1 is 1.02 bits per heavy atom. The van der Waals surface area contributed by atoms with Crippen LogP contribution in [0.1, 0.15) is 47.2 Å². The van der Waals surface area contributed by atoms with Crippen molar-refractivity contribution >= 4 is 79.1 Å². The number of thiazole rings is 1. The summed E-state index contributed by atoms with van der Waals surface area (Å²) in [5.74, 6) is -1.95. The lowest BCUT2D eigenvalue weighted by Gasteiger charge is -2.24. The van der Waals surface area contributed by atoms with Crippen molar-refractivity contribution in [1.29, 1.82) is 0 Å². The minimum atomic E-state index is -1.69. The van der Waals surface area contributed by atoms with Crippen LogP contribution in [0.25, 0.3) is 15.8 Å². The third-order valence-corrected chi connectivity index (χ3v) is 8.43. The summed E-state index contributed by atoms with van der Waals surface area (Å²) >= 11 is 13.7. The maximum atomic E-state index is 13.7. The molecule has 4 N–H and O–H groups in total. The van der Waals surface area contributed by atoms with E-state index in [9.17, 15) is 19.5 Å². The summed E-state index contributed by atoms with van der Waals surface area (Å²) in [6.07, 6.45) is 5.03. The van der Waals surface area contributed by atoms with Crippen molar-refractivity contribution < 1.29 is 24.6 Å². The predicted molar refractivity (Wildman–Crippen MR) is 170 cm³/mol. The van der Waals surface area contributed by atoms with Crippen molar-refractivity contribution in [2.45, 2.75) is 38.3 Å². The first-order valence-electron chi connectivity index (χ1n) is 13.6. The predicted octanol–water partition coefficient (Wildman–Crippen LogP) is 6.97. The fraction of sp³-hybridized carbons (Fsp3) is 0.226. The van der Waals surface area contributed by atoms with E-state index in [0.717, 1.165) is 35.1 Å². The molecular formula is C31H28Cl2N4O5S. The van der Waals surface area contributed by atoms with E-state index in [1.807, 2.05) is 24.3 Å². The molecule has 3 aromatic carbocycles. The molecule has 4 aromatic rings. The van der Waals surface area contributed by atoms with Crippen LogP contribution < -0.4 is 15.5 Å². The quantitative estimate of drug-likeness (QED) is 0.156. The Balaban J connectivity index is 1.37. The Morgan fingerprint density at radius 2 is 1.77 bits per heavy atom. The Kier molecular flexibility index (Phi) is 9.62. The number of carbonyl (C=O) groups is 3. The minimum absolute atomic E-state index is 0.185. The number of carboxylic acid groups (broad SMARTS) is 1. The van der Waals surface area contributed by atoms with Crippen LogP contribution in [-0.2, 0) is 11.3 Å². The number of hydrogen-bond acceptors (Lipinski definition) is 6. The molecule has 1 heterocycles. The molecule has 0 spiro atoms. The lowest BCUT2D eigenvalue weighted by Crippen LogP contribution is -2.36. The highest BCUT2D eigenvalue weighted by atomic mass is 35.5. The third-order valence-electron chi connectivity index (χ3n) is 7.01. The zero-order valence-electron chi connectivity index (χ0n) is 22.8. The number of hydrogen-bond donors (Lipinski definition) is 4. The van der Waals surface area contributed by atoms with E-state index in [2.05, 4.69) is 21.7 Å². The van der Waals surface area contributed by atoms with E-state index in [1.54, 1.807) is 41.3 Å². The molecular weight excluding hydrogens is 611 g/mol. The topological polar surface area (TPSA) is 132 Å². The molecule has 0 bridgehead atoms. The number of benzene rings is 3. The second kappa shape index (κ2) is 13.6. The van der Waals surface area contributed by atoms with Crippen molar-refractivity contribution in [3.8, 4) is 0 Å². The number of urea groups is 1. The number of allylic oxidation sites excluding steroid dienone is 2. The van der Waals surface area contributed by atoms with Crippen LogP contribution in [0, 0.1) is 0 Å². The van der Waals surface area contributed by atoms with Gasteiger partial charge in [-0.15, -0.1) is 0 Å². The van der Waals surface area contributed by atoms with Gasteiger partial charge in [0.25, 0.3) is 5.91 Å². The molecule has 5 rings (SSSR count). The molecule has 1 aliphatic rings. The number of fused-ring (bicyclic) bond motifs is 1. The molecule has 0 saturated heterocycles. The molecule has 43 heavy (non-hydrogen) atoms. The lowest BCUT2D eigenvalue weighted by molar-refractivity contribution is -0.146. The Labute approximate surface area is 261 Å². The zero-order valence-corrected chi connectivity index (χ0v) is 25.2.